The number of nitrogen functional groups attached to an aromatic ring is 1. The lowest BCUT2D eigenvalue weighted by Crippen LogP contribution is -2.16. The number of hydrogen-bond acceptors (Lipinski definition) is 3. The van der Waals surface area contributed by atoms with Crippen molar-refractivity contribution in [2.24, 2.45) is 0 Å². The summed E-state index contributed by atoms with van der Waals surface area (Å²) in [5.74, 6) is -0.304. The smallest absolute Gasteiger partial charge is 0.274 e. The minimum absolute atomic E-state index is 0.304. The summed E-state index contributed by atoms with van der Waals surface area (Å²) in [5.41, 5.74) is 7.88. The lowest BCUT2D eigenvalue weighted by atomic mass is 10.2. The first-order valence-corrected chi connectivity index (χ1v) is 5.73. The Bertz CT molecular complexity index is 599. The third kappa shape index (κ3) is 2.60. The van der Waals surface area contributed by atoms with Gasteiger partial charge in [0.15, 0.2) is 0 Å². The summed E-state index contributed by atoms with van der Waals surface area (Å²) in [6, 6.07) is 8.51. The molecule has 4 nitrogen and oxygen atoms in total. The van der Waals surface area contributed by atoms with E-state index in [1.54, 1.807) is 30.5 Å². The van der Waals surface area contributed by atoms with Crippen LogP contribution in [0.2, 0.25) is 5.02 Å². The summed E-state index contributed by atoms with van der Waals surface area (Å²) in [7, 11) is 0. The molecule has 92 valence electrons. The number of benzene rings is 1. The van der Waals surface area contributed by atoms with Gasteiger partial charge in [-0.3, -0.25) is 9.78 Å². The van der Waals surface area contributed by atoms with Crippen LogP contribution in [-0.4, -0.2) is 10.9 Å². The molecule has 5 heteroatoms. The molecule has 0 radical (unpaired) electrons. The van der Waals surface area contributed by atoms with E-state index in [0.717, 1.165) is 5.56 Å². The van der Waals surface area contributed by atoms with Gasteiger partial charge in [-0.1, -0.05) is 17.7 Å². The highest BCUT2D eigenvalue weighted by Crippen LogP contribution is 2.23. The van der Waals surface area contributed by atoms with Crippen molar-refractivity contribution in [2.45, 2.75) is 6.92 Å². The fraction of sp³-hybridized carbons (Fsp3) is 0.0769. The first kappa shape index (κ1) is 12.4. The van der Waals surface area contributed by atoms with E-state index < -0.39 is 0 Å². The van der Waals surface area contributed by atoms with Crippen LogP contribution in [0.1, 0.15) is 16.1 Å². The quantitative estimate of drug-likeness (QED) is 0.817. The van der Waals surface area contributed by atoms with Crippen molar-refractivity contribution in [1.29, 1.82) is 0 Å². The summed E-state index contributed by atoms with van der Waals surface area (Å²) >= 11 is 5.86. The third-order valence-corrected chi connectivity index (χ3v) is 2.72. The normalized spacial score (nSPS) is 10.1. The fourth-order valence-electron chi connectivity index (χ4n) is 1.54. The van der Waals surface area contributed by atoms with Crippen molar-refractivity contribution in [3.05, 3.63) is 52.8 Å². The molecule has 3 N–H and O–H groups in total. The number of nitrogens with one attached hydrogen (secondary N) is 1. The second-order valence-electron chi connectivity index (χ2n) is 3.85. The van der Waals surface area contributed by atoms with Gasteiger partial charge in [-0.25, -0.2) is 0 Å². The zero-order valence-corrected chi connectivity index (χ0v) is 10.5. The molecule has 0 atom stereocenters. The lowest BCUT2D eigenvalue weighted by Gasteiger charge is -2.09. The number of pyridine rings is 1. The summed E-state index contributed by atoms with van der Waals surface area (Å²) in [6.07, 6.45) is 1.57. The van der Waals surface area contributed by atoms with E-state index in [2.05, 4.69) is 10.3 Å². The van der Waals surface area contributed by atoms with Crippen molar-refractivity contribution in [3.63, 3.8) is 0 Å². The van der Waals surface area contributed by atoms with Gasteiger partial charge in [0.2, 0.25) is 0 Å². The van der Waals surface area contributed by atoms with Crippen molar-refractivity contribution in [3.8, 4) is 0 Å². The van der Waals surface area contributed by atoms with E-state index in [-0.39, 0.29) is 5.91 Å². The maximum atomic E-state index is 12.0. The number of nitrogens with two attached hydrogens (primary N) is 1. The minimum Gasteiger partial charge on any atom is -0.397 e. The summed E-state index contributed by atoms with van der Waals surface area (Å²) in [4.78, 5) is 16.1. The van der Waals surface area contributed by atoms with Gasteiger partial charge in [0, 0.05) is 11.2 Å². The van der Waals surface area contributed by atoms with Crippen LogP contribution in [0.15, 0.2) is 36.5 Å². The van der Waals surface area contributed by atoms with Gasteiger partial charge in [-0.05, 0) is 36.8 Å². The number of carbonyl (C=O) groups excluding carboxylic acids is 1. The average Bonchev–Trinajstić information content (AvgIpc) is 2.34. The Morgan fingerprint density at radius 2 is 2.17 bits per heavy atom. The first-order valence-electron chi connectivity index (χ1n) is 5.36. The fourth-order valence-corrected chi connectivity index (χ4v) is 1.71. The van der Waals surface area contributed by atoms with Crippen molar-refractivity contribution < 1.29 is 4.79 Å². The molecule has 2 aromatic rings. The van der Waals surface area contributed by atoms with Crippen LogP contribution in [0.5, 0.6) is 0 Å². The molecule has 0 bridgehead atoms. The molecule has 1 heterocycles. The second kappa shape index (κ2) is 5.06. The Hall–Kier alpha value is -2.07. The largest absolute Gasteiger partial charge is 0.397 e. The standard InChI is InChI=1S/C13H12ClN3O/c1-8-3-2-6-16-12(8)13(18)17-11-7-9(14)4-5-10(11)15/h2-7H,15H2,1H3,(H,17,18). The van der Waals surface area contributed by atoms with Crippen molar-refractivity contribution >= 4 is 28.9 Å². The molecule has 2 rings (SSSR count). The summed E-state index contributed by atoms with van der Waals surface area (Å²) in [5, 5.41) is 3.21. The van der Waals surface area contributed by atoms with Crippen LogP contribution in [-0.2, 0) is 0 Å². The molecule has 0 spiro atoms. The van der Waals surface area contributed by atoms with Gasteiger partial charge in [-0.15, -0.1) is 0 Å². The number of rotatable bonds is 2. The Morgan fingerprint density at radius 3 is 2.89 bits per heavy atom. The molecule has 0 saturated heterocycles. The number of aromatic nitrogens is 1. The molecule has 0 aliphatic rings. The van der Waals surface area contributed by atoms with Gasteiger partial charge < -0.3 is 11.1 Å². The highest BCUT2D eigenvalue weighted by molar-refractivity contribution is 6.31. The van der Waals surface area contributed by atoms with E-state index in [9.17, 15) is 4.79 Å². The summed E-state index contributed by atoms with van der Waals surface area (Å²) < 4.78 is 0. The van der Waals surface area contributed by atoms with E-state index >= 15 is 0 Å². The average molecular weight is 262 g/mol. The van der Waals surface area contributed by atoms with Gasteiger partial charge in [0.25, 0.3) is 5.91 Å². The van der Waals surface area contributed by atoms with E-state index in [4.69, 9.17) is 17.3 Å². The minimum atomic E-state index is -0.304. The molecule has 1 amide bonds. The molecule has 0 fully saturated rings. The number of nitrogens with zero attached hydrogens (tertiary/aromatic N) is 1. The van der Waals surface area contributed by atoms with E-state index in [0.29, 0.717) is 22.1 Å². The van der Waals surface area contributed by atoms with Gasteiger partial charge in [0.1, 0.15) is 5.69 Å². The highest BCUT2D eigenvalue weighted by Gasteiger charge is 2.11. The zero-order valence-electron chi connectivity index (χ0n) is 9.77. The zero-order chi connectivity index (χ0) is 13.1. The predicted molar refractivity (Wildman–Crippen MR) is 72.8 cm³/mol. The third-order valence-electron chi connectivity index (χ3n) is 2.49. The maximum Gasteiger partial charge on any atom is 0.274 e. The Labute approximate surface area is 110 Å². The van der Waals surface area contributed by atoms with Crippen LogP contribution in [0, 0.1) is 6.92 Å². The summed E-state index contributed by atoms with van der Waals surface area (Å²) in [6.45, 7) is 1.82. The molecule has 1 aromatic heterocycles. The predicted octanol–water partition coefficient (Wildman–Crippen LogP) is 2.88. The number of amides is 1. The van der Waals surface area contributed by atoms with Gasteiger partial charge in [0.05, 0.1) is 11.4 Å². The molecule has 18 heavy (non-hydrogen) atoms. The Balaban J connectivity index is 2.27. The van der Waals surface area contributed by atoms with Crippen LogP contribution in [0.4, 0.5) is 11.4 Å². The van der Waals surface area contributed by atoms with Crippen molar-refractivity contribution in [2.75, 3.05) is 11.1 Å². The van der Waals surface area contributed by atoms with E-state index in [1.807, 2.05) is 13.0 Å². The molecule has 1 aromatic carbocycles. The molecule has 0 aliphatic heterocycles. The molecular formula is C13H12ClN3O. The first-order chi connectivity index (χ1) is 8.58. The van der Waals surface area contributed by atoms with Crippen LogP contribution >= 0.6 is 11.6 Å². The van der Waals surface area contributed by atoms with Crippen LogP contribution < -0.4 is 11.1 Å². The van der Waals surface area contributed by atoms with Gasteiger partial charge >= 0.3 is 0 Å². The highest BCUT2D eigenvalue weighted by atomic mass is 35.5. The van der Waals surface area contributed by atoms with Gasteiger partial charge in [-0.2, -0.15) is 0 Å². The SMILES string of the molecule is Cc1cccnc1C(=O)Nc1cc(Cl)ccc1N. The molecule has 0 unspecified atom stereocenters. The Morgan fingerprint density at radius 1 is 1.39 bits per heavy atom. The second-order valence-corrected chi connectivity index (χ2v) is 4.29. The lowest BCUT2D eigenvalue weighted by molar-refractivity contribution is 0.102. The molecular weight excluding hydrogens is 250 g/mol. The molecule has 0 saturated carbocycles. The van der Waals surface area contributed by atoms with Crippen LogP contribution in [0.25, 0.3) is 0 Å². The number of anilines is 2. The Kier molecular flexibility index (Phi) is 3.48. The van der Waals surface area contributed by atoms with E-state index in [1.165, 1.54) is 0 Å². The maximum absolute atomic E-state index is 12.0. The topological polar surface area (TPSA) is 68.0 Å². The number of hydrogen-bond donors (Lipinski definition) is 2. The molecule has 0 aliphatic carbocycles. The number of halogens is 1. The monoisotopic (exact) mass is 261 g/mol. The number of aryl methyl sites for hydroxylation is 1. The van der Waals surface area contributed by atoms with Crippen molar-refractivity contribution in [1.82, 2.24) is 4.98 Å². The number of carbonyl (C=O) groups is 1. The van der Waals surface area contributed by atoms with Crippen LogP contribution in [0.3, 0.4) is 0 Å².